The van der Waals surface area contributed by atoms with Crippen molar-refractivity contribution in [2.24, 2.45) is 5.73 Å². The average Bonchev–Trinajstić information content (AvgIpc) is 2.82. The number of hydrogen-bond donors (Lipinski definition) is 2. The predicted molar refractivity (Wildman–Crippen MR) is 78.1 cm³/mol. The summed E-state index contributed by atoms with van der Waals surface area (Å²) < 4.78 is 0. The predicted octanol–water partition coefficient (Wildman–Crippen LogP) is 2.20. The zero-order valence-electron chi connectivity index (χ0n) is 10.6. The molecule has 0 saturated heterocycles. The molecule has 0 unspecified atom stereocenters. The van der Waals surface area contributed by atoms with E-state index in [4.69, 9.17) is 5.73 Å². The number of amides is 1. The molecule has 98 valence electrons. The minimum atomic E-state index is 0.0787. The minimum Gasteiger partial charge on any atom is -0.330 e. The first kappa shape index (κ1) is 13.4. The van der Waals surface area contributed by atoms with E-state index in [1.807, 2.05) is 6.07 Å². The maximum Gasteiger partial charge on any atom is 0.234 e. The van der Waals surface area contributed by atoms with Crippen molar-refractivity contribution in [3.63, 3.8) is 0 Å². The van der Waals surface area contributed by atoms with Crippen LogP contribution in [-0.4, -0.2) is 24.0 Å². The number of anilines is 1. The summed E-state index contributed by atoms with van der Waals surface area (Å²) in [6.45, 7) is 0.694. The zero-order chi connectivity index (χ0) is 12.8. The fraction of sp³-hybridized carbons (Fsp3) is 0.500. The van der Waals surface area contributed by atoms with Crippen molar-refractivity contribution in [3.05, 3.63) is 29.3 Å². The third-order valence-electron chi connectivity index (χ3n) is 3.11. The Kier molecular flexibility index (Phi) is 5.08. The largest absolute Gasteiger partial charge is 0.330 e. The molecule has 1 aromatic rings. The van der Waals surface area contributed by atoms with Gasteiger partial charge in [-0.25, -0.2) is 0 Å². The lowest BCUT2D eigenvalue weighted by molar-refractivity contribution is -0.113. The van der Waals surface area contributed by atoms with E-state index in [2.05, 4.69) is 17.4 Å². The van der Waals surface area contributed by atoms with Gasteiger partial charge in [-0.3, -0.25) is 4.79 Å². The molecule has 4 heteroatoms. The second kappa shape index (κ2) is 6.81. The number of thioether (sulfide) groups is 1. The first-order valence-electron chi connectivity index (χ1n) is 6.49. The summed E-state index contributed by atoms with van der Waals surface area (Å²) in [5.41, 5.74) is 9.17. The van der Waals surface area contributed by atoms with Crippen LogP contribution in [-0.2, 0) is 17.6 Å². The molecule has 0 aliphatic heterocycles. The number of nitrogens with two attached hydrogens (primary N) is 1. The molecule has 0 saturated carbocycles. The molecule has 18 heavy (non-hydrogen) atoms. The first-order chi connectivity index (χ1) is 8.79. The Labute approximate surface area is 113 Å². The zero-order valence-corrected chi connectivity index (χ0v) is 11.4. The van der Waals surface area contributed by atoms with Crippen molar-refractivity contribution in [1.29, 1.82) is 0 Å². The lowest BCUT2D eigenvalue weighted by Crippen LogP contribution is -2.14. The molecule has 0 spiro atoms. The van der Waals surface area contributed by atoms with Crippen molar-refractivity contribution in [1.82, 2.24) is 0 Å². The summed E-state index contributed by atoms with van der Waals surface area (Å²) in [6.07, 6.45) is 4.53. The molecule has 1 aliphatic carbocycles. The molecule has 1 aliphatic rings. The summed E-state index contributed by atoms with van der Waals surface area (Å²) in [7, 11) is 0. The third kappa shape index (κ3) is 3.75. The van der Waals surface area contributed by atoms with Gasteiger partial charge < -0.3 is 11.1 Å². The fourth-order valence-electron chi connectivity index (χ4n) is 2.20. The van der Waals surface area contributed by atoms with Gasteiger partial charge in [0.1, 0.15) is 0 Å². The number of fused-ring (bicyclic) bond motifs is 1. The normalized spacial score (nSPS) is 13.4. The van der Waals surface area contributed by atoms with E-state index in [1.165, 1.54) is 24.0 Å². The van der Waals surface area contributed by atoms with E-state index >= 15 is 0 Å². The molecule has 2 rings (SSSR count). The van der Waals surface area contributed by atoms with Crippen LogP contribution >= 0.6 is 11.8 Å². The van der Waals surface area contributed by atoms with Gasteiger partial charge in [0.05, 0.1) is 5.75 Å². The van der Waals surface area contributed by atoms with E-state index in [0.29, 0.717) is 12.3 Å². The highest BCUT2D eigenvalue weighted by Crippen LogP contribution is 2.24. The van der Waals surface area contributed by atoms with Crippen molar-refractivity contribution in [3.8, 4) is 0 Å². The molecule has 0 bridgehead atoms. The quantitative estimate of drug-likeness (QED) is 0.774. The number of rotatable bonds is 6. The molecule has 1 aromatic carbocycles. The van der Waals surface area contributed by atoms with Gasteiger partial charge in [0.25, 0.3) is 0 Å². The van der Waals surface area contributed by atoms with Gasteiger partial charge in [0.2, 0.25) is 5.91 Å². The molecular weight excluding hydrogens is 244 g/mol. The van der Waals surface area contributed by atoms with Crippen LogP contribution in [0.2, 0.25) is 0 Å². The van der Waals surface area contributed by atoms with Crippen LogP contribution in [0.15, 0.2) is 18.2 Å². The van der Waals surface area contributed by atoms with E-state index in [1.54, 1.807) is 11.8 Å². The Bertz CT molecular complexity index is 420. The monoisotopic (exact) mass is 264 g/mol. The van der Waals surface area contributed by atoms with Gasteiger partial charge in [0, 0.05) is 5.69 Å². The van der Waals surface area contributed by atoms with Gasteiger partial charge in [-0.1, -0.05) is 6.07 Å². The number of carbonyl (C=O) groups is 1. The van der Waals surface area contributed by atoms with E-state index < -0.39 is 0 Å². The van der Waals surface area contributed by atoms with Gasteiger partial charge in [-0.2, -0.15) is 11.8 Å². The maximum absolute atomic E-state index is 11.7. The molecule has 0 fully saturated rings. The van der Waals surface area contributed by atoms with Crippen molar-refractivity contribution in [2.75, 3.05) is 23.4 Å². The molecular formula is C14H20N2OS. The molecule has 0 heterocycles. The summed E-state index contributed by atoms with van der Waals surface area (Å²) in [5, 5.41) is 2.96. The molecule has 0 aromatic heterocycles. The number of carbonyl (C=O) groups excluding carboxylic acids is 1. The lowest BCUT2D eigenvalue weighted by Gasteiger charge is -2.07. The van der Waals surface area contributed by atoms with Crippen LogP contribution in [0.4, 0.5) is 5.69 Å². The van der Waals surface area contributed by atoms with Crippen LogP contribution in [0.3, 0.4) is 0 Å². The highest BCUT2D eigenvalue weighted by molar-refractivity contribution is 7.99. The Morgan fingerprint density at radius 1 is 1.33 bits per heavy atom. The Balaban J connectivity index is 1.80. The van der Waals surface area contributed by atoms with Crippen molar-refractivity contribution in [2.45, 2.75) is 25.7 Å². The molecule has 3 nitrogen and oxygen atoms in total. The number of nitrogens with one attached hydrogen (secondary N) is 1. The van der Waals surface area contributed by atoms with Crippen LogP contribution < -0.4 is 11.1 Å². The SMILES string of the molecule is NCCCSCC(=O)Nc1ccc2c(c1)CCC2. The fourth-order valence-corrected chi connectivity index (χ4v) is 2.97. The molecule has 1 amide bonds. The Morgan fingerprint density at radius 2 is 2.17 bits per heavy atom. The van der Waals surface area contributed by atoms with Gasteiger partial charge >= 0.3 is 0 Å². The second-order valence-corrected chi connectivity index (χ2v) is 5.69. The Hall–Kier alpha value is -1.00. The van der Waals surface area contributed by atoms with Gasteiger partial charge in [-0.05, 0) is 61.2 Å². The summed E-state index contributed by atoms with van der Waals surface area (Å²) in [6, 6.07) is 6.26. The maximum atomic E-state index is 11.7. The summed E-state index contributed by atoms with van der Waals surface area (Å²) in [4.78, 5) is 11.7. The smallest absolute Gasteiger partial charge is 0.234 e. The minimum absolute atomic E-state index is 0.0787. The highest BCUT2D eigenvalue weighted by atomic mass is 32.2. The van der Waals surface area contributed by atoms with E-state index in [-0.39, 0.29) is 5.91 Å². The number of hydrogen-bond acceptors (Lipinski definition) is 3. The summed E-state index contributed by atoms with van der Waals surface area (Å²) >= 11 is 1.64. The van der Waals surface area contributed by atoms with Crippen LogP contribution in [0.5, 0.6) is 0 Å². The highest BCUT2D eigenvalue weighted by Gasteiger charge is 2.11. The van der Waals surface area contributed by atoms with Gasteiger partial charge in [0.15, 0.2) is 0 Å². The lowest BCUT2D eigenvalue weighted by atomic mass is 10.1. The summed E-state index contributed by atoms with van der Waals surface area (Å²) in [5.74, 6) is 1.54. The standard InChI is InChI=1S/C14H20N2OS/c15-7-2-8-18-10-14(17)16-13-6-5-11-3-1-4-12(11)9-13/h5-6,9H,1-4,7-8,10,15H2,(H,16,17). The van der Waals surface area contributed by atoms with Crippen LogP contribution in [0.25, 0.3) is 0 Å². The van der Waals surface area contributed by atoms with Gasteiger partial charge in [-0.15, -0.1) is 0 Å². The molecule has 0 radical (unpaired) electrons. The first-order valence-corrected chi connectivity index (χ1v) is 7.64. The van der Waals surface area contributed by atoms with Crippen molar-refractivity contribution >= 4 is 23.4 Å². The number of aryl methyl sites for hydroxylation is 2. The topological polar surface area (TPSA) is 55.1 Å². The van der Waals surface area contributed by atoms with E-state index in [0.717, 1.165) is 24.3 Å². The average molecular weight is 264 g/mol. The number of benzene rings is 1. The molecule has 3 N–H and O–H groups in total. The molecule has 0 atom stereocenters. The van der Waals surface area contributed by atoms with Crippen LogP contribution in [0.1, 0.15) is 24.0 Å². The third-order valence-corrected chi connectivity index (χ3v) is 4.15. The second-order valence-electron chi connectivity index (χ2n) is 4.58. The van der Waals surface area contributed by atoms with Crippen LogP contribution in [0, 0.1) is 0 Å². The Morgan fingerprint density at radius 3 is 3.00 bits per heavy atom. The van der Waals surface area contributed by atoms with Crippen molar-refractivity contribution < 1.29 is 4.79 Å². The van der Waals surface area contributed by atoms with E-state index in [9.17, 15) is 4.79 Å².